The Hall–Kier alpha value is 1.09. The van der Waals surface area contributed by atoms with Crippen LogP contribution in [0.2, 0.25) is 0 Å². The van der Waals surface area contributed by atoms with Gasteiger partial charge in [-0.2, -0.15) is 0 Å². The number of halogens is 3. The first-order valence-corrected chi connectivity index (χ1v) is 9.64. The van der Waals surface area contributed by atoms with Gasteiger partial charge in [-0.25, -0.2) is 0 Å². The molecular weight excluding hydrogens is 430 g/mol. The van der Waals surface area contributed by atoms with Gasteiger partial charge in [0.2, 0.25) is 0 Å². The molecule has 1 atom stereocenters. The molecular formula is C17H35Cl3N4OTi. The summed E-state index contributed by atoms with van der Waals surface area (Å²) in [4.78, 5) is 19.2. The number of ketones is 1. The summed E-state index contributed by atoms with van der Waals surface area (Å²) in [5.41, 5.74) is 0. The summed E-state index contributed by atoms with van der Waals surface area (Å²) in [6, 6.07) is 0.0679. The summed E-state index contributed by atoms with van der Waals surface area (Å²) in [5.74, 6) is 0.301. The van der Waals surface area contributed by atoms with Gasteiger partial charge in [0.05, 0.1) is 0 Å². The Morgan fingerprint density at radius 3 is 1.46 bits per heavy atom. The fraction of sp³-hybridized carbons (Fsp3) is 0.941. The second-order valence-corrected chi connectivity index (χ2v) is 7.98. The van der Waals surface area contributed by atoms with Crippen LogP contribution in [0.25, 0.3) is 0 Å². The molecule has 0 radical (unpaired) electrons. The van der Waals surface area contributed by atoms with Gasteiger partial charge in [0.25, 0.3) is 0 Å². The summed E-state index contributed by atoms with van der Waals surface area (Å²) in [6.07, 6.45) is 4.49. The molecule has 154 valence electrons. The second-order valence-electron chi connectivity index (χ2n) is 7.08. The van der Waals surface area contributed by atoms with E-state index in [-0.39, 0.29) is 43.3 Å². The molecule has 0 aliphatic carbocycles. The van der Waals surface area contributed by atoms with Crippen molar-refractivity contribution in [3.8, 4) is 0 Å². The Labute approximate surface area is 191 Å². The van der Waals surface area contributed by atoms with Gasteiger partial charge in [-0.05, 0) is 0 Å². The molecule has 0 aromatic carbocycles. The number of carbonyl (C=O) groups is 1. The minimum atomic E-state index is 0. The summed E-state index contributed by atoms with van der Waals surface area (Å²) in [5, 5.41) is 0. The second kappa shape index (κ2) is 18.1. The molecule has 0 N–H and O–H groups in total. The Balaban J connectivity index is -0.00000176. The van der Waals surface area contributed by atoms with Crippen LogP contribution in [0.15, 0.2) is 0 Å². The van der Waals surface area contributed by atoms with Crippen LogP contribution in [-0.2, 0) is 25.5 Å². The predicted molar refractivity (Wildman–Crippen MR) is 92.1 cm³/mol. The molecule has 0 saturated carbocycles. The standard InChI is InChI=1S/C17H35N4O.3ClH.Ti/c1-16(22)17-8-15-21(4)14-7-13-20(3)12-6-11-19(2)10-5-9-18-17;;;;/h17H,5-15H2,1-4H3;3*1H;/q-1;;;;+4/p-3. The largest absolute Gasteiger partial charge is 1.00 e. The number of nitrogens with zero attached hydrogens (tertiary/aromatic N) is 4. The third kappa shape index (κ3) is 14.1. The third-order valence-corrected chi connectivity index (χ3v) is 5.56. The number of hydrogen-bond acceptors (Lipinski definition) is 5. The van der Waals surface area contributed by atoms with E-state index in [1.54, 1.807) is 6.92 Å². The molecule has 0 amide bonds. The van der Waals surface area contributed by atoms with Crippen molar-refractivity contribution in [2.45, 2.75) is 38.6 Å². The molecule has 1 unspecified atom stereocenters. The van der Waals surface area contributed by atoms with Crippen LogP contribution >= 0.6 is 0 Å². The van der Waals surface area contributed by atoms with Crippen LogP contribution in [0.4, 0.5) is 0 Å². The van der Waals surface area contributed by atoms with Gasteiger partial charge in [-0.3, -0.25) is 0 Å². The molecule has 0 aromatic heterocycles. The molecule has 1 saturated heterocycles. The van der Waals surface area contributed by atoms with E-state index in [9.17, 15) is 4.79 Å². The predicted octanol–water partition coefficient (Wildman–Crippen LogP) is -7.91. The fourth-order valence-electron chi connectivity index (χ4n) is 3.14. The van der Waals surface area contributed by atoms with E-state index >= 15 is 0 Å². The monoisotopic (exact) mass is 464 g/mol. The van der Waals surface area contributed by atoms with Gasteiger partial charge >= 0.3 is 155 Å². The number of Topliss-reactive ketones (excluding diaryl/α,β-unsaturated/α-hetero) is 1. The molecule has 5 nitrogen and oxygen atoms in total. The van der Waals surface area contributed by atoms with Gasteiger partial charge in [0.15, 0.2) is 0 Å². The van der Waals surface area contributed by atoms with Crippen molar-refractivity contribution >= 4 is 5.78 Å². The molecule has 0 bridgehead atoms. The van der Waals surface area contributed by atoms with Gasteiger partial charge in [-0.15, -0.1) is 0 Å². The summed E-state index contributed by atoms with van der Waals surface area (Å²) >= 11 is 2.10. The minimum Gasteiger partial charge on any atom is -1.00 e. The third-order valence-electron chi connectivity index (χ3n) is 4.73. The van der Waals surface area contributed by atoms with Gasteiger partial charge in [-0.1, -0.05) is 0 Å². The van der Waals surface area contributed by atoms with Crippen molar-refractivity contribution in [3.05, 3.63) is 0 Å². The van der Waals surface area contributed by atoms with Crippen molar-refractivity contribution in [2.24, 2.45) is 0 Å². The van der Waals surface area contributed by atoms with Crippen LogP contribution in [0.5, 0.6) is 0 Å². The zero-order chi connectivity index (χ0) is 17.2. The van der Waals surface area contributed by atoms with Crippen molar-refractivity contribution in [2.75, 3.05) is 67.0 Å². The Morgan fingerprint density at radius 1 is 0.731 bits per heavy atom. The number of hydrogen-bond donors (Lipinski definition) is 0. The first kappa shape index (κ1) is 31.8. The van der Waals surface area contributed by atoms with Gasteiger partial charge < -0.3 is 37.2 Å². The maximum Gasteiger partial charge on any atom is -1.00 e. The molecule has 1 heterocycles. The van der Waals surface area contributed by atoms with Crippen LogP contribution < -0.4 is 37.2 Å². The van der Waals surface area contributed by atoms with Gasteiger partial charge in [0.1, 0.15) is 0 Å². The van der Waals surface area contributed by atoms with E-state index in [0.717, 1.165) is 52.1 Å². The average molecular weight is 466 g/mol. The molecule has 1 aliphatic heterocycles. The molecule has 1 fully saturated rings. The van der Waals surface area contributed by atoms with Crippen molar-refractivity contribution < 1.29 is 62.7 Å². The minimum absolute atomic E-state index is 0. The average Bonchev–Trinajstić information content (AvgIpc) is 2.46. The van der Waals surface area contributed by atoms with E-state index in [4.69, 9.17) is 0 Å². The number of carbonyl (C=O) groups excluding carboxylic acids is 1. The Morgan fingerprint density at radius 2 is 1.08 bits per heavy atom. The van der Waals surface area contributed by atoms with E-state index in [1.165, 1.54) is 19.4 Å². The SMILES string of the molecule is CC(=O)C1CCN(C)CCCN(C)CCCN(C)CCC[N]1[Ti+3].[Cl-].[Cl-].[Cl-]. The quantitative estimate of drug-likeness (QED) is 0.359. The van der Waals surface area contributed by atoms with E-state index < -0.39 is 0 Å². The molecule has 0 spiro atoms. The van der Waals surface area contributed by atoms with Crippen LogP contribution in [-0.4, -0.2) is 96.9 Å². The normalized spacial score (nSPS) is 24.0. The maximum atomic E-state index is 12.0. The molecule has 1 rings (SSSR count). The molecule has 9 heteroatoms. The van der Waals surface area contributed by atoms with E-state index in [2.05, 4.69) is 59.9 Å². The number of rotatable bonds is 1. The van der Waals surface area contributed by atoms with E-state index in [0.29, 0.717) is 5.78 Å². The topological polar surface area (TPSA) is 30.0 Å². The van der Waals surface area contributed by atoms with Crippen molar-refractivity contribution in [1.29, 1.82) is 0 Å². The summed E-state index contributed by atoms with van der Waals surface area (Å²) in [6.45, 7) is 9.45. The zero-order valence-electron chi connectivity index (χ0n) is 16.7. The molecule has 26 heavy (non-hydrogen) atoms. The van der Waals surface area contributed by atoms with Crippen molar-refractivity contribution in [3.63, 3.8) is 0 Å². The van der Waals surface area contributed by atoms with Crippen LogP contribution in [0, 0.1) is 0 Å². The summed E-state index contributed by atoms with van der Waals surface area (Å²) in [7, 11) is 6.61. The van der Waals surface area contributed by atoms with Crippen LogP contribution in [0.3, 0.4) is 0 Å². The van der Waals surface area contributed by atoms with Gasteiger partial charge in [0, 0.05) is 0 Å². The molecule has 1 aliphatic rings. The summed E-state index contributed by atoms with van der Waals surface area (Å²) < 4.78 is 2.25. The van der Waals surface area contributed by atoms with E-state index in [1.807, 2.05) is 0 Å². The first-order chi connectivity index (χ1) is 10.9. The smallest absolute Gasteiger partial charge is 1.00 e. The Kier molecular flexibility index (Phi) is 22.2. The fourth-order valence-corrected chi connectivity index (χ4v) is 3.88. The Bertz CT molecular complexity index is 356. The van der Waals surface area contributed by atoms with Crippen molar-refractivity contribution in [1.82, 2.24) is 18.1 Å². The molecule has 0 aromatic rings. The first-order valence-electron chi connectivity index (χ1n) is 8.94. The zero-order valence-corrected chi connectivity index (χ0v) is 20.5. The van der Waals surface area contributed by atoms with Crippen LogP contribution in [0.1, 0.15) is 32.6 Å². The maximum absolute atomic E-state index is 12.0.